The number of hydrogen-bond acceptors (Lipinski definition) is 4. The third-order valence-corrected chi connectivity index (χ3v) is 5.02. The van der Waals surface area contributed by atoms with E-state index in [-0.39, 0.29) is 5.91 Å². The Morgan fingerprint density at radius 2 is 2.09 bits per heavy atom. The predicted octanol–water partition coefficient (Wildman–Crippen LogP) is 3.69. The topological polar surface area (TPSA) is 38.8 Å². The number of para-hydroxylation sites is 2. The molecular formula is C18H21NO3S. The molecule has 1 aromatic heterocycles. The number of likely N-dealkylation sites (tertiary alicyclic amines) is 1. The predicted molar refractivity (Wildman–Crippen MR) is 91.4 cm³/mol. The molecule has 122 valence electrons. The van der Waals surface area contributed by atoms with Crippen LogP contribution in [0, 0.1) is 5.92 Å². The van der Waals surface area contributed by atoms with Gasteiger partial charge in [-0.1, -0.05) is 18.2 Å². The van der Waals surface area contributed by atoms with E-state index in [9.17, 15) is 4.79 Å². The number of nitrogens with zero attached hydrogens (tertiary/aromatic N) is 1. The van der Waals surface area contributed by atoms with Gasteiger partial charge in [0.2, 0.25) is 0 Å². The molecular weight excluding hydrogens is 310 g/mol. The summed E-state index contributed by atoms with van der Waals surface area (Å²) >= 11 is 1.51. The lowest BCUT2D eigenvalue weighted by molar-refractivity contribution is 0.0790. The van der Waals surface area contributed by atoms with Gasteiger partial charge in [0.15, 0.2) is 11.5 Å². The van der Waals surface area contributed by atoms with E-state index >= 15 is 0 Å². The van der Waals surface area contributed by atoms with Crippen LogP contribution in [0.15, 0.2) is 41.8 Å². The summed E-state index contributed by atoms with van der Waals surface area (Å²) in [6.45, 7) is 2.31. The lowest BCUT2D eigenvalue weighted by atomic mass is 10.1. The van der Waals surface area contributed by atoms with Crippen molar-refractivity contribution in [3.8, 4) is 11.5 Å². The van der Waals surface area contributed by atoms with Crippen LogP contribution in [-0.2, 0) is 0 Å². The van der Waals surface area contributed by atoms with Gasteiger partial charge in [0.05, 0.1) is 18.6 Å². The maximum Gasteiger partial charge on any atom is 0.263 e. The number of thiophene rings is 1. The first-order valence-electron chi connectivity index (χ1n) is 7.86. The molecule has 0 bridgehead atoms. The second-order valence-electron chi connectivity index (χ2n) is 5.67. The van der Waals surface area contributed by atoms with E-state index in [0.29, 0.717) is 12.5 Å². The second kappa shape index (κ2) is 7.51. The first-order chi connectivity index (χ1) is 11.3. The van der Waals surface area contributed by atoms with Gasteiger partial charge in [0.25, 0.3) is 5.91 Å². The van der Waals surface area contributed by atoms with Crippen molar-refractivity contribution in [3.05, 3.63) is 46.7 Å². The fourth-order valence-corrected chi connectivity index (χ4v) is 3.57. The lowest BCUT2D eigenvalue weighted by Crippen LogP contribution is -2.28. The average molecular weight is 331 g/mol. The Morgan fingerprint density at radius 3 is 2.83 bits per heavy atom. The molecule has 0 N–H and O–H groups in total. The van der Waals surface area contributed by atoms with E-state index in [0.717, 1.165) is 42.3 Å². The van der Waals surface area contributed by atoms with Crippen LogP contribution in [0.5, 0.6) is 11.5 Å². The SMILES string of the molecule is COc1ccccc1OCCC1CCN(C(=O)c2cccs2)C1. The highest BCUT2D eigenvalue weighted by molar-refractivity contribution is 7.12. The number of rotatable bonds is 6. The Morgan fingerprint density at radius 1 is 1.26 bits per heavy atom. The van der Waals surface area contributed by atoms with E-state index in [1.165, 1.54) is 11.3 Å². The molecule has 1 atom stereocenters. The fourth-order valence-electron chi connectivity index (χ4n) is 2.88. The zero-order valence-corrected chi connectivity index (χ0v) is 14.1. The summed E-state index contributed by atoms with van der Waals surface area (Å²) in [5, 5.41) is 1.95. The lowest BCUT2D eigenvalue weighted by Gasteiger charge is -2.16. The normalized spacial score (nSPS) is 17.3. The first-order valence-corrected chi connectivity index (χ1v) is 8.74. The first kappa shape index (κ1) is 15.9. The zero-order valence-electron chi connectivity index (χ0n) is 13.2. The minimum Gasteiger partial charge on any atom is -0.493 e. The largest absolute Gasteiger partial charge is 0.493 e. The number of amides is 1. The molecule has 1 fully saturated rings. The molecule has 0 radical (unpaired) electrons. The number of carbonyl (C=O) groups excluding carboxylic acids is 1. The fraction of sp³-hybridized carbons (Fsp3) is 0.389. The molecule has 2 heterocycles. The Labute approximate surface area is 140 Å². The molecule has 1 saturated heterocycles. The molecule has 1 aromatic carbocycles. The van der Waals surface area contributed by atoms with Crippen LogP contribution in [0.1, 0.15) is 22.5 Å². The molecule has 0 aliphatic carbocycles. The summed E-state index contributed by atoms with van der Waals surface area (Å²) < 4.78 is 11.1. The molecule has 1 amide bonds. The van der Waals surface area contributed by atoms with Crippen LogP contribution in [0.4, 0.5) is 0 Å². The van der Waals surface area contributed by atoms with Crippen molar-refractivity contribution in [1.29, 1.82) is 0 Å². The van der Waals surface area contributed by atoms with Gasteiger partial charge in [-0.2, -0.15) is 0 Å². The second-order valence-corrected chi connectivity index (χ2v) is 6.62. The van der Waals surface area contributed by atoms with E-state index < -0.39 is 0 Å². The van der Waals surface area contributed by atoms with Crippen molar-refractivity contribution in [1.82, 2.24) is 4.90 Å². The van der Waals surface area contributed by atoms with Crippen molar-refractivity contribution in [3.63, 3.8) is 0 Å². The summed E-state index contributed by atoms with van der Waals surface area (Å²) in [5.41, 5.74) is 0. The van der Waals surface area contributed by atoms with Gasteiger partial charge in [-0.05, 0) is 42.3 Å². The molecule has 1 aliphatic rings. The Hall–Kier alpha value is -2.01. The molecule has 0 saturated carbocycles. The van der Waals surface area contributed by atoms with Crippen LogP contribution in [0.3, 0.4) is 0 Å². The van der Waals surface area contributed by atoms with E-state index in [2.05, 4.69) is 0 Å². The zero-order chi connectivity index (χ0) is 16.1. The average Bonchev–Trinajstić information content (AvgIpc) is 3.26. The number of hydrogen-bond donors (Lipinski definition) is 0. The van der Waals surface area contributed by atoms with Crippen LogP contribution < -0.4 is 9.47 Å². The molecule has 2 aromatic rings. The van der Waals surface area contributed by atoms with Crippen molar-refractivity contribution >= 4 is 17.2 Å². The number of ether oxygens (including phenoxy) is 2. The molecule has 0 spiro atoms. The number of methoxy groups -OCH3 is 1. The third-order valence-electron chi connectivity index (χ3n) is 4.16. The maximum atomic E-state index is 12.3. The van der Waals surface area contributed by atoms with E-state index in [1.807, 2.05) is 46.7 Å². The Kier molecular flexibility index (Phi) is 5.18. The number of carbonyl (C=O) groups is 1. The highest BCUT2D eigenvalue weighted by Crippen LogP contribution is 2.27. The molecule has 5 heteroatoms. The monoisotopic (exact) mass is 331 g/mol. The van der Waals surface area contributed by atoms with Gasteiger partial charge in [-0.15, -0.1) is 11.3 Å². The quantitative estimate of drug-likeness (QED) is 0.810. The molecule has 3 rings (SSSR count). The van der Waals surface area contributed by atoms with Crippen molar-refractivity contribution in [2.75, 3.05) is 26.8 Å². The summed E-state index contributed by atoms with van der Waals surface area (Å²) in [6.07, 6.45) is 2.00. The number of benzene rings is 1. The molecule has 1 aliphatic heterocycles. The summed E-state index contributed by atoms with van der Waals surface area (Å²) in [6, 6.07) is 11.5. The summed E-state index contributed by atoms with van der Waals surface area (Å²) in [4.78, 5) is 15.1. The highest BCUT2D eigenvalue weighted by atomic mass is 32.1. The summed E-state index contributed by atoms with van der Waals surface area (Å²) in [7, 11) is 1.65. The minimum atomic E-state index is 0.160. The molecule has 23 heavy (non-hydrogen) atoms. The van der Waals surface area contributed by atoms with E-state index in [4.69, 9.17) is 9.47 Å². The van der Waals surface area contributed by atoms with Crippen LogP contribution in [-0.4, -0.2) is 37.6 Å². The van der Waals surface area contributed by atoms with Crippen molar-refractivity contribution in [2.24, 2.45) is 5.92 Å². The third kappa shape index (κ3) is 3.85. The van der Waals surface area contributed by atoms with Crippen LogP contribution in [0.2, 0.25) is 0 Å². The van der Waals surface area contributed by atoms with E-state index in [1.54, 1.807) is 7.11 Å². The van der Waals surface area contributed by atoms with Gasteiger partial charge in [0, 0.05) is 13.1 Å². The Bertz CT molecular complexity index is 641. The van der Waals surface area contributed by atoms with Gasteiger partial charge < -0.3 is 14.4 Å². The minimum absolute atomic E-state index is 0.160. The molecule has 4 nitrogen and oxygen atoms in total. The molecule has 1 unspecified atom stereocenters. The standard InChI is InChI=1S/C18H21NO3S/c1-21-15-5-2-3-6-16(15)22-11-9-14-8-10-19(13-14)18(20)17-7-4-12-23-17/h2-7,12,14H,8-11,13H2,1H3. The van der Waals surface area contributed by atoms with Gasteiger partial charge in [-0.25, -0.2) is 0 Å². The summed E-state index contributed by atoms with van der Waals surface area (Å²) in [5.74, 6) is 2.20. The Balaban J connectivity index is 1.46. The smallest absolute Gasteiger partial charge is 0.263 e. The van der Waals surface area contributed by atoms with Crippen molar-refractivity contribution in [2.45, 2.75) is 12.8 Å². The van der Waals surface area contributed by atoms with Gasteiger partial charge >= 0.3 is 0 Å². The van der Waals surface area contributed by atoms with Gasteiger partial charge in [0.1, 0.15) is 0 Å². The van der Waals surface area contributed by atoms with Gasteiger partial charge in [-0.3, -0.25) is 4.79 Å². The van der Waals surface area contributed by atoms with Crippen LogP contribution >= 0.6 is 11.3 Å². The highest BCUT2D eigenvalue weighted by Gasteiger charge is 2.27. The van der Waals surface area contributed by atoms with Crippen molar-refractivity contribution < 1.29 is 14.3 Å². The maximum absolute atomic E-state index is 12.3. The van der Waals surface area contributed by atoms with Crippen LogP contribution in [0.25, 0.3) is 0 Å².